The monoisotopic (exact) mass is 310 g/mol. The second-order valence-corrected chi connectivity index (χ2v) is 7.93. The van der Waals surface area contributed by atoms with Gasteiger partial charge in [0.2, 0.25) is 0 Å². The van der Waals surface area contributed by atoms with Gasteiger partial charge in [0.05, 0.1) is 15.6 Å². The molecule has 20 heavy (non-hydrogen) atoms. The van der Waals surface area contributed by atoms with E-state index in [0.29, 0.717) is 10.7 Å². The van der Waals surface area contributed by atoms with Gasteiger partial charge in [0.1, 0.15) is 0 Å². The number of H-pyrrole nitrogens is 1. The zero-order valence-corrected chi connectivity index (χ0v) is 14.6. The molecule has 0 saturated carbocycles. The van der Waals surface area contributed by atoms with Gasteiger partial charge in [-0.2, -0.15) is 5.10 Å². The molecule has 0 atom stereocenters. The predicted octanol–water partition coefficient (Wildman–Crippen LogP) is 4.33. The first-order valence-corrected chi connectivity index (χ1v) is 8.06. The van der Waals surface area contributed by atoms with Gasteiger partial charge in [-0.05, 0) is 25.1 Å². The molecule has 2 rings (SSSR count). The van der Waals surface area contributed by atoms with Crippen LogP contribution in [0.15, 0.2) is 0 Å². The summed E-state index contributed by atoms with van der Waals surface area (Å²) in [5, 5.41) is 8.46. The molecule has 6 heteroatoms. The number of aromatic amines is 1. The maximum Gasteiger partial charge on any atom is 0.195 e. The quantitative estimate of drug-likeness (QED) is 0.859. The van der Waals surface area contributed by atoms with E-state index in [2.05, 4.69) is 49.4 Å². The second kappa shape index (κ2) is 5.41. The summed E-state index contributed by atoms with van der Waals surface area (Å²) in [6.45, 7) is 13.8. The van der Waals surface area contributed by atoms with Gasteiger partial charge in [0, 0.05) is 12.0 Å². The van der Waals surface area contributed by atoms with E-state index in [1.807, 2.05) is 6.92 Å². The van der Waals surface area contributed by atoms with Crippen molar-refractivity contribution in [3.05, 3.63) is 15.5 Å². The van der Waals surface area contributed by atoms with Crippen LogP contribution in [0, 0.1) is 17.6 Å². The van der Waals surface area contributed by atoms with Crippen molar-refractivity contribution in [2.45, 2.75) is 53.5 Å². The Balaban J connectivity index is 2.53. The van der Waals surface area contributed by atoms with Crippen LogP contribution in [0.1, 0.15) is 45.3 Å². The van der Waals surface area contributed by atoms with E-state index in [1.165, 1.54) is 0 Å². The third-order valence-electron chi connectivity index (χ3n) is 2.95. The molecule has 4 nitrogen and oxygen atoms in total. The number of hydrogen-bond donors (Lipinski definition) is 1. The van der Waals surface area contributed by atoms with Crippen molar-refractivity contribution in [1.29, 1.82) is 0 Å². The Morgan fingerprint density at radius 1 is 1.35 bits per heavy atom. The fourth-order valence-corrected chi connectivity index (χ4v) is 3.28. The van der Waals surface area contributed by atoms with Crippen molar-refractivity contribution in [2.24, 2.45) is 5.92 Å². The van der Waals surface area contributed by atoms with Gasteiger partial charge in [-0.25, -0.2) is 4.98 Å². The fraction of sp³-hybridized carbons (Fsp3) is 0.643. The van der Waals surface area contributed by atoms with Gasteiger partial charge in [0.15, 0.2) is 10.6 Å². The number of rotatable bonds is 3. The Morgan fingerprint density at radius 3 is 2.50 bits per heavy atom. The summed E-state index contributed by atoms with van der Waals surface area (Å²) in [7, 11) is 0. The van der Waals surface area contributed by atoms with Gasteiger partial charge in [0.25, 0.3) is 0 Å². The second-order valence-electron chi connectivity index (χ2n) is 6.54. The third-order valence-corrected chi connectivity index (χ3v) is 4.84. The number of nitrogens with one attached hydrogen (secondary N) is 1. The molecule has 2 heterocycles. The molecule has 0 amide bonds. The molecule has 0 aromatic carbocycles. The average molecular weight is 310 g/mol. The normalized spacial score (nSPS) is 12.3. The molecule has 2 aromatic rings. The Hall–Kier alpha value is -1.01. The molecule has 0 aliphatic carbocycles. The number of thiazole rings is 1. The van der Waals surface area contributed by atoms with Crippen molar-refractivity contribution < 1.29 is 0 Å². The highest BCUT2D eigenvalue weighted by Gasteiger charge is 2.23. The summed E-state index contributed by atoms with van der Waals surface area (Å²) in [6.07, 6.45) is 0. The Labute approximate surface area is 129 Å². The highest BCUT2D eigenvalue weighted by molar-refractivity contribution is 7.71. The third kappa shape index (κ3) is 3.01. The Morgan fingerprint density at radius 2 is 2.00 bits per heavy atom. The molecule has 0 saturated heterocycles. The lowest BCUT2D eigenvalue weighted by Gasteiger charge is -2.13. The van der Waals surface area contributed by atoms with E-state index >= 15 is 0 Å². The first-order chi connectivity index (χ1) is 9.20. The molecule has 0 aliphatic heterocycles. The summed E-state index contributed by atoms with van der Waals surface area (Å²) >= 11 is 7.06. The fourth-order valence-electron chi connectivity index (χ4n) is 1.95. The Kier molecular flexibility index (Phi) is 4.16. The van der Waals surface area contributed by atoms with Crippen molar-refractivity contribution >= 4 is 23.6 Å². The van der Waals surface area contributed by atoms with Crippen molar-refractivity contribution in [1.82, 2.24) is 19.7 Å². The highest BCUT2D eigenvalue weighted by Crippen LogP contribution is 2.34. The number of aryl methyl sites for hydroxylation is 1. The predicted molar refractivity (Wildman–Crippen MR) is 86.8 cm³/mol. The Bertz CT molecular complexity index is 656. The van der Waals surface area contributed by atoms with Crippen molar-refractivity contribution in [3.8, 4) is 10.7 Å². The molecule has 0 fully saturated rings. The van der Waals surface area contributed by atoms with Crippen LogP contribution in [0.5, 0.6) is 0 Å². The van der Waals surface area contributed by atoms with Crippen LogP contribution < -0.4 is 0 Å². The van der Waals surface area contributed by atoms with E-state index in [4.69, 9.17) is 17.2 Å². The van der Waals surface area contributed by atoms with Gasteiger partial charge >= 0.3 is 0 Å². The smallest absolute Gasteiger partial charge is 0.195 e. The van der Waals surface area contributed by atoms with Crippen LogP contribution in [0.4, 0.5) is 0 Å². The molecule has 1 N–H and O–H groups in total. The molecule has 0 bridgehead atoms. The van der Waals surface area contributed by atoms with Crippen LogP contribution >= 0.6 is 23.6 Å². The lowest BCUT2D eigenvalue weighted by atomic mass is 9.98. The number of nitrogens with zero attached hydrogens (tertiary/aromatic N) is 3. The lowest BCUT2D eigenvalue weighted by Crippen LogP contribution is -2.10. The van der Waals surface area contributed by atoms with E-state index < -0.39 is 0 Å². The maximum atomic E-state index is 5.34. The average Bonchev–Trinajstić information content (AvgIpc) is 2.83. The summed E-state index contributed by atoms with van der Waals surface area (Å²) < 4.78 is 2.76. The summed E-state index contributed by atoms with van der Waals surface area (Å²) in [5.74, 6) is 1.43. The van der Waals surface area contributed by atoms with Gasteiger partial charge in [-0.15, -0.1) is 11.3 Å². The van der Waals surface area contributed by atoms with E-state index in [9.17, 15) is 0 Å². The van der Waals surface area contributed by atoms with E-state index in [-0.39, 0.29) is 5.41 Å². The van der Waals surface area contributed by atoms with E-state index in [1.54, 1.807) is 11.3 Å². The van der Waals surface area contributed by atoms with Gasteiger partial charge in [-0.1, -0.05) is 34.6 Å². The minimum absolute atomic E-state index is 0.0592. The standard InChI is InChI=1S/C14H22N4S2/c1-8(2)7-18-11(16-17-13(18)19)10-9(3)15-12(20-10)14(4,5)6/h8H,7H2,1-6H3,(H,17,19). The zero-order valence-electron chi connectivity index (χ0n) is 12.9. The first-order valence-electron chi connectivity index (χ1n) is 6.83. The summed E-state index contributed by atoms with van der Waals surface area (Å²) in [4.78, 5) is 5.82. The maximum absolute atomic E-state index is 5.34. The van der Waals surface area contributed by atoms with Crippen molar-refractivity contribution in [2.75, 3.05) is 0 Å². The van der Waals surface area contributed by atoms with Crippen LogP contribution in [0.25, 0.3) is 10.7 Å². The molecule has 0 unspecified atom stereocenters. The highest BCUT2D eigenvalue weighted by atomic mass is 32.1. The van der Waals surface area contributed by atoms with Crippen LogP contribution in [0.2, 0.25) is 0 Å². The summed E-state index contributed by atoms with van der Waals surface area (Å²) in [6, 6.07) is 0. The topological polar surface area (TPSA) is 46.5 Å². The molecular formula is C14H22N4S2. The van der Waals surface area contributed by atoms with Crippen LogP contribution in [0.3, 0.4) is 0 Å². The van der Waals surface area contributed by atoms with Gasteiger partial charge in [-0.3, -0.25) is 9.67 Å². The number of aromatic nitrogens is 4. The number of hydrogen-bond acceptors (Lipinski definition) is 4. The zero-order chi connectivity index (χ0) is 15.1. The SMILES string of the molecule is Cc1nc(C(C)(C)C)sc1-c1n[nH]c(=S)n1CC(C)C. The minimum atomic E-state index is 0.0592. The van der Waals surface area contributed by atoms with Gasteiger partial charge < -0.3 is 0 Å². The minimum Gasteiger partial charge on any atom is -0.299 e. The molecule has 2 aromatic heterocycles. The molecule has 0 aliphatic rings. The lowest BCUT2D eigenvalue weighted by molar-refractivity contribution is 0.521. The first kappa shape index (κ1) is 15.4. The summed E-state index contributed by atoms with van der Waals surface area (Å²) in [5.41, 5.74) is 1.09. The largest absolute Gasteiger partial charge is 0.299 e. The molecule has 0 spiro atoms. The van der Waals surface area contributed by atoms with E-state index in [0.717, 1.165) is 27.9 Å². The van der Waals surface area contributed by atoms with Crippen LogP contribution in [-0.2, 0) is 12.0 Å². The van der Waals surface area contributed by atoms with Crippen LogP contribution in [-0.4, -0.2) is 19.7 Å². The molecular weight excluding hydrogens is 288 g/mol. The molecule has 110 valence electrons. The molecule has 0 radical (unpaired) electrons. The van der Waals surface area contributed by atoms with Crippen molar-refractivity contribution in [3.63, 3.8) is 0 Å².